The van der Waals surface area contributed by atoms with E-state index in [2.05, 4.69) is 37.8 Å². The molecule has 1 aliphatic rings. The molecule has 27 heavy (non-hydrogen) atoms. The summed E-state index contributed by atoms with van der Waals surface area (Å²) in [6.07, 6.45) is 6.64. The predicted molar refractivity (Wildman–Crippen MR) is 105 cm³/mol. The first-order valence-electron chi connectivity index (χ1n) is 9.58. The lowest BCUT2D eigenvalue weighted by Crippen LogP contribution is -2.44. The Morgan fingerprint density at radius 2 is 2.00 bits per heavy atom. The minimum absolute atomic E-state index is 0.0537. The van der Waals surface area contributed by atoms with Crippen LogP contribution in [0.5, 0.6) is 0 Å². The van der Waals surface area contributed by atoms with E-state index in [-0.39, 0.29) is 11.3 Å². The average molecular weight is 370 g/mol. The molecule has 0 aliphatic carbocycles. The van der Waals surface area contributed by atoms with Crippen LogP contribution in [-0.4, -0.2) is 45.3 Å². The fourth-order valence-electron chi connectivity index (χ4n) is 3.81. The van der Waals surface area contributed by atoms with Crippen LogP contribution in [0.3, 0.4) is 0 Å². The van der Waals surface area contributed by atoms with Crippen molar-refractivity contribution in [3.8, 4) is 5.69 Å². The third kappa shape index (κ3) is 4.38. The van der Waals surface area contributed by atoms with Gasteiger partial charge in [0.15, 0.2) is 0 Å². The highest BCUT2D eigenvalue weighted by molar-refractivity contribution is 5.81. The number of rotatable bonds is 5. The molecule has 0 spiro atoms. The monoisotopic (exact) mass is 370 g/mol. The molecular weight excluding hydrogens is 340 g/mol. The van der Waals surface area contributed by atoms with Crippen LogP contribution in [0, 0.1) is 11.3 Å². The number of carbonyl (C=O) groups is 1. The van der Waals surface area contributed by atoms with Gasteiger partial charge in [-0.3, -0.25) is 9.78 Å². The number of hydrogen-bond donors (Lipinski definition) is 0. The van der Waals surface area contributed by atoms with Gasteiger partial charge in [0, 0.05) is 43.9 Å². The van der Waals surface area contributed by atoms with Crippen molar-refractivity contribution >= 4 is 5.91 Å². The number of hydrogen-bond acceptors (Lipinski definition) is 4. The molecule has 0 radical (unpaired) electrons. The summed E-state index contributed by atoms with van der Waals surface area (Å²) in [6, 6.07) is 3.91. The second-order valence-electron chi connectivity index (χ2n) is 8.62. The predicted octanol–water partition coefficient (Wildman–Crippen LogP) is 3.24. The summed E-state index contributed by atoms with van der Waals surface area (Å²) in [5.74, 6) is 0.479. The lowest BCUT2D eigenvalue weighted by molar-refractivity contribution is -0.144. The number of amides is 1. The highest BCUT2D eigenvalue weighted by atomic mass is 16.5. The van der Waals surface area contributed by atoms with Gasteiger partial charge in [-0.1, -0.05) is 27.7 Å². The molecule has 6 nitrogen and oxygen atoms in total. The fourth-order valence-corrected chi connectivity index (χ4v) is 3.81. The van der Waals surface area contributed by atoms with E-state index < -0.39 is 6.10 Å². The molecule has 2 aromatic rings. The van der Waals surface area contributed by atoms with Gasteiger partial charge in [0.05, 0.1) is 11.9 Å². The number of aromatic nitrogens is 3. The molecule has 0 N–H and O–H groups in total. The number of pyridine rings is 1. The molecular formula is C21H30N4O2. The summed E-state index contributed by atoms with van der Waals surface area (Å²) in [7, 11) is 1.63. The molecule has 1 atom stereocenters. The maximum Gasteiger partial charge on any atom is 0.252 e. The smallest absolute Gasteiger partial charge is 0.252 e. The van der Waals surface area contributed by atoms with E-state index in [0.717, 1.165) is 24.1 Å². The topological polar surface area (TPSA) is 60.2 Å². The maximum absolute atomic E-state index is 13.2. The first kappa shape index (κ1) is 19.5. The third-order valence-electron chi connectivity index (χ3n) is 5.05. The molecule has 0 fully saturated rings. The number of ether oxygens (including phenoxy) is 1. The largest absolute Gasteiger partial charge is 0.372 e. The van der Waals surface area contributed by atoms with Crippen molar-refractivity contribution in [2.75, 3.05) is 13.7 Å². The zero-order chi connectivity index (χ0) is 19.6. The highest BCUT2D eigenvalue weighted by Gasteiger charge is 2.35. The van der Waals surface area contributed by atoms with Gasteiger partial charge in [-0.15, -0.1) is 0 Å². The Bertz CT molecular complexity index is 783. The van der Waals surface area contributed by atoms with Crippen molar-refractivity contribution in [3.05, 3.63) is 42.0 Å². The normalized spacial score (nSPS) is 17.5. The van der Waals surface area contributed by atoms with Crippen LogP contribution in [0.25, 0.3) is 5.69 Å². The number of nitrogens with zero attached hydrogens (tertiary/aromatic N) is 4. The highest BCUT2D eigenvalue weighted by Crippen LogP contribution is 2.32. The molecule has 1 amide bonds. The molecule has 1 unspecified atom stereocenters. The summed E-state index contributed by atoms with van der Waals surface area (Å²) in [5, 5.41) is 4.60. The minimum atomic E-state index is -0.391. The first-order valence-corrected chi connectivity index (χ1v) is 9.58. The Labute approximate surface area is 161 Å². The van der Waals surface area contributed by atoms with Gasteiger partial charge in [-0.2, -0.15) is 5.10 Å². The van der Waals surface area contributed by atoms with Crippen molar-refractivity contribution in [2.45, 2.75) is 53.2 Å². The summed E-state index contributed by atoms with van der Waals surface area (Å²) in [4.78, 5) is 19.2. The van der Waals surface area contributed by atoms with Crippen LogP contribution in [0.4, 0.5) is 0 Å². The van der Waals surface area contributed by atoms with Gasteiger partial charge in [-0.05, 0) is 36.3 Å². The van der Waals surface area contributed by atoms with E-state index in [1.54, 1.807) is 19.5 Å². The molecule has 2 aromatic heterocycles. The molecule has 1 aliphatic heterocycles. The quantitative estimate of drug-likeness (QED) is 0.811. The average Bonchev–Trinajstić information content (AvgIpc) is 2.94. The molecule has 6 heteroatoms. The third-order valence-corrected chi connectivity index (χ3v) is 5.05. The van der Waals surface area contributed by atoms with Crippen molar-refractivity contribution in [1.82, 2.24) is 19.7 Å². The Morgan fingerprint density at radius 1 is 1.30 bits per heavy atom. The number of methoxy groups -OCH3 is 1. The molecule has 0 saturated heterocycles. The van der Waals surface area contributed by atoms with Gasteiger partial charge in [-0.25, -0.2) is 4.68 Å². The zero-order valence-corrected chi connectivity index (χ0v) is 17.0. The SMILES string of the molecule is COC(CC(C)C)C(=O)N1Cc2cnn(-c3ccncc3)c2CC(C)(C)C1. The van der Waals surface area contributed by atoms with E-state index in [1.165, 1.54) is 5.69 Å². The van der Waals surface area contributed by atoms with Crippen LogP contribution < -0.4 is 0 Å². The lowest BCUT2D eigenvalue weighted by atomic mass is 9.87. The van der Waals surface area contributed by atoms with E-state index in [9.17, 15) is 4.79 Å². The molecule has 0 saturated carbocycles. The van der Waals surface area contributed by atoms with Crippen molar-refractivity contribution in [3.63, 3.8) is 0 Å². The van der Waals surface area contributed by atoms with Crippen LogP contribution in [0.2, 0.25) is 0 Å². The van der Waals surface area contributed by atoms with E-state index in [1.807, 2.05) is 27.9 Å². The Balaban J connectivity index is 1.92. The molecule has 3 rings (SSSR count). The Kier molecular flexibility index (Phi) is 5.65. The van der Waals surface area contributed by atoms with E-state index in [0.29, 0.717) is 19.0 Å². The van der Waals surface area contributed by atoms with Crippen LogP contribution in [0.1, 0.15) is 45.4 Å². The molecule has 0 bridgehead atoms. The maximum atomic E-state index is 13.2. The second kappa shape index (κ2) is 7.80. The van der Waals surface area contributed by atoms with Crippen molar-refractivity contribution in [2.24, 2.45) is 11.3 Å². The Morgan fingerprint density at radius 3 is 2.63 bits per heavy atom. The minimum Gasteiger partial charge on any atom is -0.372 e. The van der Waals surface area contributed by atoms with Gasteiger partial charge in [0.2, 0.25) is 0 Å². The summed E-state index contributed by atoms with van der Waals surface area (Å²) >= 11 is 0. The zero-order valence-electron chi connectivity index (χ0n) is 17.0. The van der Waals surface area contributed by atoms with Crippen LogP contribution in [0.15, 0.2) is 30.7 Å². The van der Waals surface area contributed by atoms with E-state index in [4.69, 9.17) is 4.74 Å². The second-order valence-corrected chi connectivity index (χ2v) is 8.62. The number of fused-ring (bicyclic) bond motifs is 1. The molecule has 0 aromatic carbocycles. The first-order chi connectivity index (χ1) is 12.8. The number of carbonyl (C=O) groups excluding carboxylic acids is 1. The Hall–Kier alpha value is -2.21. The van der Waals surface area contributed by atoms with Crippen LogP contribution in [-0.2, 0) is 22.5 Å². The standard InChI is InChI=1S/C21H30N4O2/c1-15(2)10-19(27-5)20(26)24-13-16-12-23-25(17-6-8-22-9-7-17)18(16)11-21(3,4)14-24/h6-9,12,15,19H,10-11,13-14H2,1-5H3. The van der Waals surface area contributed by atoms with Gasteiger partial charge in [0.25, 0.3) is 5.91 Å². The molecule has 3 heterocycles. The summed E-state index contributed by atoms with van der Waals surface area (Å²) in [5.41, 5.74) is 3.21. The fraction of sp³-hybridized carbons (Fsp3) is 0.571. The summed E-state index contributed by atoms with van der Waals surface area (Å²) < 4.78 is 7.51. The van der Waals surface area contributed by atoms with E-state index >= 15 is 0 Å². The van der Waals surface area contributed by atoms with Gasteiger partial charge in [0.1, 0.15) is 6.10 Å². The van der Waals surface area contributed by atoms with Crippen molar-refractivity contribution < 1.29 is 9.53 Å². The lowest BCUT2D eigenvalue weighted by Gasteiger charge is -2.32. The van der Waals surface area contributed by atoms with Crippen LogP contribution >= 0.6 is 0 Å². The van der Waals surface area contributed by atoms with Gasteiger partial charge >= 0.3 is 0 Å². The van der Waals surface area contributed by atoms with Gasteiger partial charge < -0.3 is 9.64 Å². The molecule has 146 valence electrons. The summed E-state index contributed by atoms with van der Waals surface area (Å²) in [6.45, 7) is 9.91. The van der Waals surface area contributed by atoms with Crippen molar-refractivity contribution in [1.29, 1.82) is 0 Å².